The van der Waals surface area contributed by atoms with Gasteiger partial charge in [-0.25, -0.2) is 0 Å². The van der Waals surface area contributed by atoms with Gasteiger partial charge in [0.2, 0.25) is 0 Å². The first kappa shape index (κ1) is 16.3. The molecule has 2 aliphatic rings. The molecule has 0 bridgehead atoms. The smallest absolute Gasteiger partial charge is 0.0593 e. The van der Waals surface area contributed by atoms with Crippen molar-refractivity contribution in [1.82, 2.24) is 10.2 Å². The molecule has 3 heteroatoms. The van der Waals surface area contributed by atoms with Crippen molar-refractivity contribution in [2.75, 3.05) is 32.8 Å². The van der Waals surface area contributed by atoms with Crippen LogP contribution >= 0.6 is 0 Å². The molecular formula is C17H34N2O. The van der Waals surface area contributed by atoms with E-state index < -0.39 is 0 Å². The number of rotatable bonds is 7. The van der Waals surface area contributed by atoms with Crippen molar-refractivity contribution in [2.45, 2.75) is 70.9 Å². The Bertz CT molecular complexity index is 274. The standard InChI is InChI=1S/C17H34N2O/c1-4-10-20-11-9-19-13-16(12-15(2)3)18-14-17(19)7-5-6-8-17/h15-16,18H,4-14H2,1-3H3. The van der Waals surface area contributed by atoms with Crippen molar-refractivity contribution in [1.29, 1.82) is 0 Å². The molecule has 1 atom stereocenters. The highest BCUT2D eigenvalue weighted by Gasteiger charge is 2.43. The third-order valence-corrected chi connectivity index (χ3v) is 4.98. The van der Waals surface area contributed by atoms with Crippen LogP contribution < -0.4 is 5.32 Å². The van der Waals surface area contributed by atoms with E-state index in [-0.39, 0.29) is 0 Å². The molecule has 1 N–H and O–H groups in total. The highest BCUT2D eigenvalue weighted by Crippen LogP contribution is 2.37. The fourth-order valence-corrected chi connectivity index (χ4v) is 3.97. The number of ether oxygens (including phenoxy) is 1. The summed E-state index contributed by atoms with van der Waals surface area (Å²) in [6.45, 7) is 12.2. The van der Waals surface area contributed by atoms with Gasteiger partial charge in [0.1, 0.15) is 0 Å². The van der Waals surface area contributed by atoms with Crippen molar-refractivity contribution < 1.29 is 4.74 Å². The van der Waals surface area contributed by atoms with Crippen LogP contribution in [0.4, 0.5) is 0 Å². The number of hydrogen-bond donors (Lipinski definition) is 1. The van der Waals surface area contributed by atoms with Gasteiger partial charge in [-0.15, -0.1) is 0 Å². The highest BCUT2D eigenvalue weighted by atomic mass is 16.5. The second kappa shape index (κ2) is 7.77. The maximum absolute atomic E-state index is 5.74. The zero-order valence-corrected chi connectivity index (χ0v) is 13.8. The normalized spacial score (nSPS) is 26.7. The minimum absolute atomic E-state index is 0.447. The van der Waals surface area contributed by atoms with Crippen molar-refractivity contribution in [3.05, 3.63) is 0 Å². The van der Waals surface area contributed by atoms with E-state index in [2.05, 4.69) is 31.0 Å². The van der Waals surface area contributed by atoms with Crippen LogP contribution in [0.3, 0.4) is 0 Å². The lowest BCUT2D eigenvalue weighted by atomic mass is 9.89. The molecule has 0 amide bonds. The lowest BCUT2D eigenvalue weighted by molar-refractivity contribution is 0.0100. The molecule has 0 aromatic rings. The Morgan fingerprint density at radius 2 is 2.00 bits per heavy atom. The lowest BCUT2D eigenvalue weighted by Crippen LogP contribution is -2.64. The molecule has 2 fully saturated rings. The van der Waals surface area contributed by atoms with Crippen LogP contribution in [0.15, 0.2) is 0 Å². The van der Waals surface area contributed by atoms with Gasteiger partial charge in [0.05, 0.1) is 6.61 Å². The van der Waals surface area contributed by atoms with E-state index in [0.717, 1.165) is 32.1 Å². The van der Waals surface area contributed by atoms with Crippen molar-refractivity contribution >= 4 is 0 Å². The fraction of sp³-hybridized carbons (Fsp3) is 1.00. The van der Waals surface area contributed by atoms with Crippen LogP contribution in [0, 0.1) is 5.92 Å². The Kier molecular flexibility index (Phi) is 6.31. The van der Waals surface area contributed by atoms with E-state index in [1.54, 1.807) is 0 Å². The van der Waals surface area contributed by atoms with Crippen LogP contribution in [-0.4, -0.2) is 49.3 Å². The summed E-state index contributed by atoms with van der Waals surface area (Å²) in [5, 5.41) is 3.83. The summed E-state index contributed by atoms with van der Waals surface area (Å²) in [7, 11) is 0. The topological polar surface area (TPSA) is 24.5 Å². The van der Waals surface area contributed by atoms with Gasteiger partial charge >= 0.3 is 0 Å². The second-order valence-electron chi connectivity index (χ2n) is 7.20. The SMILES string of the molecule is CCCOCCN1CC(CC(C)C)NCC12CCCC2. The summed E-state index contributed by atoms with van der Waals surface area (Å²) in [4.78, 5) is 2.76. The van der Waals surface area contributed by atoms with Gasteiger partial charge in [-0.2, -0.15) is 0 Å². The van der Waals surface area contributed by atoms with Gasteiger partial charge in [0.25, 0.3) is 0 Å². The quantitative estimate of drug-likeness (QED) is 0.726. The summed E-state index contributed by atoms with van der Waals surface area (Å²) < 4.78 is 5.74. The maximum atomic E-state index is 5.74. The third kappa shape index (κ3) is 4.19. The van der Waals surface area contributed by atoms with E-state index in [4.69, 9.17) is 4.74 Å². The molecule has 0 radical (unpaired) electrons. The van der Waals surface area contributed by atoms with Crippen LogP contribution in [0.2, 0.25) is 0 Å². The lowest BCUT2D eigenvalue weighted by Gasteiger charge is -2.48. The molecule has 1 unspecified atom stereocenters. The van der Waals surface area contributed by atoms with Gasteiger partial charge in [0, 0.05) is 37.8 Å². The predicted molar refractivity (Wildman–Crippen MR) is 85.1 cm³/mol. The Labute approximate surface area is 125 Å². The average molecular weight is 282 g/mol. The Hall–Kier alpha value is -0.120. The van der Waals surface area contributed by atoms with E-state index in [0.29, 0.717) is 11.6 Å². The maximum Gasteiger partial charge on any atom is 0.0593 e. The number of nitrogens with zero attached hydrogens (tertiary/aromatic N) is 1. The molecule has 0 aromatic carbocycles. The molecule has 1 saturated heterocycles. The first-order valence-corrected chi connectivity index (χ1v) is 8.72. The van der Waals surface area contributed by atoms with Crippen LogP contribution in [0.25, 0.3) is 0 Å². The van der Waals surface area contributed by atoms with Crippen LogP contribution in [0.5, 0.6) is 0 Å². The van der Waals surface area contributed by atoms with E-state index >= 15 is 0 Å². The first-order valence-electron chi connectivity index (χ1n) is 8.72. The number of hydrogen-bond acceptors (Lipinski definition) is 3. The molecular weight excluding hydrogens is 248 g/mol. The molecule has 1 spiro atoms. The summed E-state index contributed by atoms with van der Waals surface area (Å²) >= 11 is 0. The Morgan fingerprint density at radius 3 is 2.65 bits per heavy atom. The van der Waals surface area contributed by atoms with Gasteiger partial charge < -0.3 is 10.1 Å². The summed E-state index contributed by atoms with van der Waals surface area (Å²) in [5.41, 5.74) is 0.447. The van der Waals surface area contributed by atoms with Gasteiger partial charge in [-0.3, -0.25) is 4.90 Å². The predicted octanol–water partition coefficient (Wildman–Crippen LogP) is 3.05. The second-order valence-corrected chi connectivity index (χ2v) is 7.20. The molecule has 0 aromatic heterocycles. The molecule has 2 rings (SSSR count). The van der Waals surface area contributed by atoms with E-state index in [1.807, 2.05) is 0 Å². The van der Waals surface area contributed by atoms with Crippen LogP contribution in [0.1, 0.15) is 59.3 Å². The largest absolute Gasteiger partial charge is 0.380 e. The minimum Gasteiger partial charge on any atom is -0.380 e. The average Bonchev–Trinajstić information content (AvgIpc) is 2.87. The zero-order chi connectivity index (χ0) is 14.4. The van der Waals surface area contributed by atoms with E-state index in [9.17, 15) is 0 Å². The third-order valence-electron chi connectivity index (χ3n) is 4.98. The summed E-state index contributed by atoms with van der Waals surface area (Å²) in [6.07, 6.45) is 7.99. The van der Waals surface area contributed by atoms with Crippen molar-refractivity contribution in [3.63, 3.8) is 0 Å². The van der Waals surface area contributed by atoms with Crippen molar-refractivity contribution in [2.24, 2.45) is 5.92 Å². The van der Waals surface area contributed by atoms with Crippen molar-refractivity contribution in [3.8, 4) is 0 Å². The molecule has 1 saturated carbocycles. The van der Waals surface area contributed by atoms with E-state index in [1.165, 1.54) is 45.2 Å². The molecule has 118 valence electrons. The molecule has 3 nitrogen and oxygen atoms in total. The summed E-state index contributed by atoms with van der Waals surface area (Å²) in [6, 6.07) is 0.674. The Morgan fingerprint density at radius 1 is 1.25 bits per heavy atom. The molecule has 1 heterocycles. The van der Waals surface area contributed by atoms with Gasteiger partial charge in [-0.05, 0) is 31.6 Å². The fourth-order valence-electron chi connectivity index (χ4n) is 3.97. The van der Waals surface area contributed by atoms with Crippen LogP contribution in [-0.2, 0) is 4.74 Å². The highest BCUT2D eigenvalue weighted by molar-refractivity contribution is 5.01. The van der Waals surface area contributed by atoms with Gasteiger partial charge in [0.15, 0.2) is 0 Å². The molecule has 20 heavy (non-hydrogen) atoms. The first-order chi connectivity index (χ1) is 9.66. The number of piperazine rings is 1. The Balaban J connectivity index is 1.89. The number of nitrogens with one attached hydrogen (secondary N) is 1. The summed E-state index contributed by atoms with van der Waals surface area (Å²) in [5.74, 6) is 0.781. The monoisotopic (exact) mass is 282 g/mol. The molecule has 1 aliphatic carbocycles. The zero-order valence-electron chi connectivity index (χ0n) is 13.8. The molecule has 1 aliphatic heterocycles. The minimum atomic E-state index is 0.447. The van der Waals surface area contributed by atoms with Gasteiger partial charge in [-0.1, -0.05) is 33.6 Å².